The predicted molar refractivity (Wildman–Crippen MR) is 64.9 cm³/mol. The van der Waals surface area contributed by atoms with Crippen molar-refractivity contribution < 1.29 is 9.53 Å². The third-order valence-corrected chi connectivity index (χ3v) is 3.37. The van der Waals surface area contributed by atoms with Gasteiger partial charge in [-0.25, -0.2) is 0 Å². The molecule has 6 nitrogen and oxygen atoms in total. The molecule has 1 atom stereocenters. The van der Waals surface area contributed by atoms with E-state index < -0.39 is 6.04 Å². The molecule has 0 aliphatic carbocycles. The molecule has 0 radical (unpaired) electrons. The van der Waals surface area contributed by atoms with Crippen LogP contribution in [0.3, 0.4) is 0 Å². The van der Waals surface area contributed by atoms with E-state index in [4.69, 9.17) is 10.5 Å². The molecule has 1 heterocycles. The van der Waals surface area contributed by atoms with E-state index in [2.05, 4.69) is 13.2 Å². The molecular weight excluding hydrogens is 287 g/mol. The van der Waals surface area contributed by atoms with E-state index in [0.29, 0.717) is 5.69 Å². The topological polar surface area (TPSA) is 89.1 Å². The fourth-order valence-corrected chi connectivity index (χ4v) is 2.54. The van der Waals surface area contributed by atoms with Crippen LogP contribution in [0.5, 0.6) is 0 Å². The van der Waals surface area contributed by atoms with Crippen LogP contribution < -0.4 is 11.1 Å². The third-order valence-electron chi connectivity index (χ3n) is 2.23. The molecule has 2 rings (SSSR count). The Morgan fingerprint density at radius 1 is 1.59 bits per heavy atom. The van der Waals surface area contributed by atoms with Crippen molar-refractivity contribution in [1.29, 1.82) is 0 Å². The summed E-state index contributed by atoms with van der Waals surface area (Å²) in [4.78, 5) is 11.7. The number of hydrogen-bond donors (Lipinski definition) is 2. The molecule has 1 aliphatic heterocycles. The number of carbonyl (C=O) groups is 1. The Morgan fingerprint density at radius 2 is 2.41 bits per heavy atom. The first kappa shape index (κ1) is 12.2. The zero-order chi connectivity index (χ0) is 12.3. The number of nitrogens with zero attached hydrogens (tertiary/aromatic N) is 2. The summed E-state index contributed by atoms with van der Waals surface area (Å²) in [5.41, 5.74) is 7.85. The third kappa shape index (κ3) is 2.70. The number of nitrogens with one attached hydrogen (secondary N) is 1. The zero-order valence-electron chi connectivity index (χ0n) is 9.21. The number of fused-ring (bicyclic) bond motifs is 1. The number of hydrogen-bond acceptors (Lipinski definition) is 5. The molecule has 1 aliphatic rings. The Morgan fingerprint density at radius 3 is 3.18 bits per heavy atom. The second-order valence-electron chi connectivity index (χ2n) is 3.49. The average Bonchev–Trinajstić information content (AvgIpc) is 2.78. The molecule has 1 aromatic rings. The van der Waals surface area contributed by atoms with Crippen LogP contribution in [-0.4, -0.2) is 40.2 Å². The second-order valence-corrected chi connectivity index (χ2v) is 4.60. The van der Waals surface area contributed by atoms with E-state index in [1.165, 1.54) is 7.11 Å². The Hall–Kier alpha value is -1.27. The molecule has 1 unspecified atom stereocenters. The molecule has 1 aromatic carbocycles. The predicted octanol–water partition coefficient (Wildman–Crippen LogP) is 0.947. The minimum atomic E-state index is -0.681. The monoisotopic (exact) mass is 300 g/mol. The molecule has 0 bridgehead atoms. The van der Waals surface area contributed by atoms with Crippen molar-refractivity contribution in [2.75, 3.05) is 19.0 Å². The molecule has 0 fully saturated rings. The Balaban J connectivity index is 2.13. The van der Waals surface area contributed by atoms with E-state index in [1.54, 1.807) is 6.07 Å². The Kier molecular flexibility index (Phi) is 3.85. The summed E-state index contributed by atoms with van der Waals surface area (Å²) < 4.78 is 13.3. The van der Waals surface area contributed by atoms with E-state index >= 15 is 0 Å². The van der Waals surface area contributed by atoms with E-state index in [-0.39, 0.29) is 27.1 Å². The first-order valence-electron chi connectivity index (χ1n) is 4.99. The van der Waals surface area contributed by atoms with Gasteiger partial charge >= 0.3 is 104 Å². The number of anilines is 1. The van der Waals surface area contributed by atoms with Crippen LogP contribution in [0, 0.1) is 0 Å². The number of methoxy groups -OCH3 is 1. The molecule has 0 saturated carbocycles. The summed E-state index contributed by atoms with van der Waals surface area (Å²) in [5, 5.41) is 2.74. The minimum absolute atomic E-state index is 0.113. The first-order valence-corrected chi connectivity index (χ1v) is 6.52. The maximum absolute atomic E-state index is 11.7. The zero-order valence-corrected chi connectivity index (χ0v) is 10.9. The fourth-order valence-electron chi connectivity index (χ4n) is 1.39. The van der Waals surface area contributed by atoms with Gasteiger partial charge in [0, 0.05) is 0 Å². The second kappa shape index (κ2) is 5.37. The first-order chi connectivity index (χ1) is 8.22. The van der Waals surface area contributed by atoms with Gasteiger partial charge in [0.15, 0.2) is 0 Å². The van der Waals surface area contributed by atoms with Crippen LogP contribution in [0.4, 0.5) is 17.1 Å². The van der Waals surface area contributed by atoms with Gasteiger partial charge in [0.1, 0.15) is 0 Å². The van der Waals surface area contributed by atoms with E-state index in [9.17, 15) is 4.79 Å². The van der Waals surface area contributed by atoms with Crippen LogP contribution in [-0.2, 0) is 9.53 Å². The van der Waals surface area contributed by atoms with Gasteiger partial charge in [0.05, 0.1) is 0 Å². The summed E-state index contributed by atoms with van der Waals surface area (Å²) >= 11 is -0.113. The van der Waals surface area contributed by atoms with Crippen molar-refractivity contribution in [3.63, 3.8) is 0 Å². The summed E-state index contributed by atoms with van der Waals surface area (Å²) in [7, 11) is 1.50. The van der Waals surface area contributed by atoms with Gasteiger partial charge in [0.25, 0.3) is 0 Å². The van der Waals surface area contributed by atoms with Crippen molar-refractivity contribution in [1.82, 2.24) is 0 Å². The number of benzene rings is 1. The fraction of sp³-hybridized carbons (Fsp3) is 0.300. The van der Waals surface area contributed by atoms with Crippen molar-refractivity contribution in [2.45, 2.75) is 6.04 Å². The molecule has 0 aromatic heterocycles. The van der Waals surface area contributed by atoms with E-state index in [1.807, 2.05) is 12.1 Å². The molecule has 7 heteroatoms. The molecule has 90 valence electrons. The van der Waals surface area contributed by atoms with Gasteiger partial charge < -0.3 is 0 Å². The van der Waals surface area contributed by atoms with Gasteiger partial charge in [-0.1, -0.05) is 0 Å². The number of carbonyl (C=O) groups excluding carboxylic acids is 1. The summed E-state index contributed by atoms with van der Waals surface area (Å²) in [5.74, 6) is -0.283. The average molecular weight is 299 g/mol. The summed E-state index contributed by atoms with van der Waals surface area (Å²) in [6.45, 7) is 0.187. The standard InChI is InChI=1S/C10H12N4O2Se/c1-16-5-6(11)10(15)12-7-3-2-4-8-9(7)14-17-13-8/h2-4,6H,5,11H2,1H3,(H,12,15). The van der Waals surface area contributed by atoms with Crippen LogP contribution in [0.2, 0.25) is 0 Å². The molecular formula is C10H12N4O2Se. The SMILES string of the molecule is COCC(N)C(=O)Nc1cccc2c1N=[Se]=N2. The van der Waals surface area contributed by atoms with Crippen molar-refractivity contribution in [3.8, 4) is 0 Å². The van der Waals surface area contributed by atoms with Gasteiger partial charge in [0.2, 0.25) is 0 Å². The number of ether oxygens (including phenoxy) is 1. The van der Waals surface area contributed by atoms with Crippen LogP contribution >= 0.6 is 0 Å². The van der Waals surface area contributed by atoms with Crippen LogP contribution in [0.1, 0.15) is 0 Å². The van der Waals surface area contributed by atoms with Gasteiger partial charge in [-0.3, -0.25) is 0 Å². The molecule has 0 saturated heterocycles. The van der Waals surface area contributed by atoms with Crippen LogP contribution in [0.25, 0.3) is 0 Å². The Labute approximate surface area is 104 Å². The maximum atomic E-state index is 11.7. The summed E-state index contributed by atoms with van der Waals surface area (Å²) in [6.07, 6.45) is 0. The van der Waals surface area contributed by atoms with Gasteiger partial charge in [-0.2, -0.15) is 0 Å². The molecule has 3 N–H and O–H groups in total. The summed E-state index contributed by atoms with van der Waals surface area (Å²) in [6, 6.07) is 4.81. The van der Waals surface area contributed by atoms with Crippen molar-refractivity contribution in [3.05, 3.63) is 18.2 Å². The Bertz CT molecular complexity index is 511. The number of amides is 1. The molecule has 0 spiro atoms. The number of rotatable bonds is 4. The molecule has 17 heavy (non-hydrogen) atoms. The van der Waals surface area contributed by atoms with Crippen molar-refractivity contribution >= 4 is 37.5 Å². The van der Waals surface area contributed by atoms with E-state index in [0.717, 1.165) is 11.4 Å². The van der Waals surface area contributed by atoms with Crippen LogP contribution in [0.15, 0.2) is 26.1 Å². The van der Waals surface area contributed by atoms with Gasteiger partial charge in [-0.15, -0.1) is 0 Å². The number of nitrogens with two attached hydrogens (primary N) is 1. The molecule has 1 amide bonds. The van der Waals surface area contributed by atoms with Crippen molar-refractivity contribution in [2.24, 2.45) is 13.7 Å². The quantitative estimate of drug-likeness (QED) is 0.824. The normalized spacial score (nSPS) is 14.0. The van der Waals surface area contributed by atoms with Gasteiger partial charge in [-0.05, 0) is 0 Å².